The van der Waals surface area contributed by atoms with Gasteiger partial charge in [0.2, 0.25) is 11.8 Å². The Bertz CT molecular complexity index is 927. The van der Waals surface area contributed by atoms with Crippen LogP contribution in [0.15, 0.2) is 29.8 Å². The quantitative estimate of drug-likeness (QED) is 0.615. The lowest BCUT2D eigenvalue weighted by molar-refractivity contribution is -0.146. The molecule has 2 amide bonds. The fourth-order valence-electron chi connectivity index (χ4n) is 3.60. The van der Waals surface area contributed by atoms with Gasteiger partial charge in [-0.1, -0.05) is 31.2 Å². The number of aliphatic hydroxyl groups excluding tert-OH is 1. The van der Waals surface area contributed by atoms with Crippen LogP contribution in [0, 0.1) is 12.8 Å². The fraction of sp³-hybridized carbons (Fsp3) is 0.429. The standard InChI is InChI=1S/C21H25N3O5S/c1-12(7-18(26)27)21(29)24-10-16(25)8-17(24)20(28)22-9-14-3-5-15(6-4-14)19-13(2)23-11-30-19/h3-6,11-12,16-17,25H,7-10H2,1-2H3,(H,22,28)(H,26,27)/t12-,16+,17-/m0/s1. The van der Waals surface area contributed by atoms with Gasteiger partial charge in [-0.2, -0.15) is 0 Å². The second-order valence-corrected chi connectivity index (χ2v) is 8.43. The smallest absolute Gasteiger partial charge is 0.304 e. The molecule has 1 aromatic carbocycles. The molecule has 0 unspecified atom stereocenters. The number of carboxylic acids is 1. The first kappa shape index (κ1) is 21.9. The first-order valence-electron chi connectivity index (χ1n) is 9.73. The summed E-state index contributed by atoms with van der Waals surface area (Å²) in [7, 11) is 0. The molecule has 0 spiro atoms. The van der Waals surface area contributed by atoms with Crippen LogP contribution in [-0.2, 0) is 20.9 Å². The van der Waals surface area contributed by atoms with Crippen LogP contribution in [0.25, 0.3) is 10.4 Å². The molecule has 8 nitrogen and oxygen atoms in total. The van der Waals surface area contributed by atoms with Crippen molar-refractivity contribution < 1.29 is 24.6 Å². The molecule has 0 saturated carbocycles. The number of aryl methyl sites for hydroxylation is 1. The molecule has 3 atom stereocenters. The average molecular weight is 432 g/mol. The Morgan fingerprint density at radius 2 is 2.00 bits per heavy atom. The number of carbonyl (C=O) groups excluding carboxylic acids is 2. The number of aliphatic carboxylic acids is 1. The van der Waals surface area contributed by atoms with Crippen LogP contribution in [-0.4, -0.2) is 56.6 Å². The van der Waals surface area contributed by atoms with E-state index in [0.717, 1.165) is 21.7 Å². The molecule has 1 aliphatic heterocycles. The van der Waals surface area contributed by atoms with Gasteiger partial charge in [0.15, 0.2) is 0 Å². The third-order valence-electron chi connectivity index (χ3n) is 5.20. The number of nitrogens with zero attached hydrogens (tertiary/aromatic N) is 2. The molecule has 2 aromatic rings. The number of benzene rings is 1. The summed E-state index contributed by atoms with van der Waals surface area (Å²) in [5, 5.41) is 21.7. The molecular weight excluding hydrogens is 406 g/mol. The van der Waals surface area contributed by atoms with E-state index < -0.39 is 29.9 Å². The van der Waals surface area contributed by atoms with Crippen molar-refractivity contribution in [3.63, 3.8) is 0 Å². The molecular formula is C21H25N3O5S. The van der Waals surface area contributed by atoms with Gasteiger partial charge in [0, 0.05) is 25.4 Å². The number of hydrogen-bond acceptors (Lipinski definition) is 6. The summed E-state index contributed by atoms with van der Waals surface area (Å²) in [5.74, 6) is -2.62. The zero-order chi connectivity index (χ0) is 21.8. The predicted molar refractivity (Wildman–Crippen MR) is 112 cm³/mol. The number of amides is 2. The Morgan fingerprint density at radius 3 is 2.60 bits per heavy atom. The number of rotatable bonds is 7. The van der Waals surface area contributed by atoms with E-state index >= 15 is 0 Å². The average Bonchev–Trinajstić information content (AvgIpc) is 3.31. The molecule has 160 valence electrons. The SMILES string of the molecule is Cc1ncsc1-c1ccc(CNC(=O)[C@@H]2C[C@@H](O)CN2C(=O)[C@@H](C)CC(=O)O)cc1. The van der Waals surface area contributed by atoms with Crippen LogP contribution < -0.4 is 5.32 Å². The Morgan fingerprint density at radius 1 is 1.30 bits per heavy atom. The summed E-state index contributed by atoms with van der Waals surface area (Å²) in [6.07, 6.45) is -0.976. The van der Waals surface area contributed by atoms with Crippen molar-refractivity contribution in [2.45, 2.75) is 45.4 Å². The number of β-amino-alcohol motifs (C(OH)–C–C–N with tert-alkyl or cyclic N) is 1. The van der Waals surface area contributed by atoms with Crippen LogP contribution in [0.1, 0.15) is 31.0 Å². The van der Waals surface area contributed by atoms with Gasteiger partial charge in [0.25, 0.3) is 0 Å². The topological polar surface area (TPSA) is 120 Å². The zero-order valence-electron chi connectivity index (χ0n) is 16.9. The van der Waals surface area contributed by atoms with Crippen LogP contribution >= 0.6 is 11.3 Å². The summed E-state index contributed by atoms with van der Waals surface area (Å²) in [6, 6.07) is 7.00. The highest BCUT2D eigenvalue weighted by atomic mass is 32.1. The maximum atomic E-state index is 12.7. The highest BCUT2D eigenvalue weighted by Crippen LogP contribution is 2.27. The van der Waals surface area contributed by atoms with Gasteiger partial charge in [-0.05, 0) is 18.1 Å². The van der Waals surface area contributed by atoms with Gasteiger partial charge in [-0.15, -0.1) is 11.3 Å². The third-order valence-corrected chi connectivity index (χ3v) is 6.17. The maximum absolute atomic E-state index is 12.7. The largest absolute Gasteiger partial charge is 0.481 e. The Labute approximate surface area is 178 Å². The van der Waals surface area contributed by atoms with Gasteiger partial charge in [0.1, 0.15) is 6.04 Å². The summed E-state index contributed by atoms with van der Waals surface area (Å²) in [6.45, 7) is 3.80. The van der Waals surface area contributed by atoms with Gasteiger partial charge < -0.3 is 20.4 Å². The Kier molecular flexibility index (Phi) is 6.84. The van der Waals surface area contributed by atoms with Crippen molar-refractivity contribution in [2.24, 2.45) is 5.92 Å². The van der Waals surface area contributed by atoms with Crippen LogP contribution in [0.2, 0.25) is 0 Å². The number of aromatic nitrogens is 1. The molecule has 1 saturated heterocycles. The van der Waals surface area contributed by atoms with Crippen molar-refractivity contribution in [1.82, 2.24) is 15.2 Å². The van der Waals surface area contributed by atoms with Crippen LogP contribution in [0.5, 0.6) is 0 Å². The molecule has 0 radical (unpaired) electrons. The summed E-state index contributed by atoms with van der Waals surface area (Å²) in [4.78, 5) is 42.8. The molecule has 0 aliphatic carbocycles. The normalized spacial score (nSPS) is 19.5. The van der Waals surface area contributed by atoms with E-state index in [9.17, 15) is 19.5 Å². The number of nitrogens with one attached hydrogen (secondary N) is 1. The Hall–Kier alpha value is -2.78. The second kappa shape index (κ2) is 9.36. The minimum Gasteiger partial charge on any atom is -0.481 e. The van der Waals surface area contributed by atoms with Gasteiger partial charge >= 0.3 is 5.97 Å². The van der Waals surface area contributed by atoms with E-state index in [1.54, 1.807) is 16.8 Å². The molecule has 0 bridgehead atoms. The minimum absolute atomic E-state index is 0.0315. The second-order valence-electron chi connectivity index (χ2n) is 7.58. The van der Waals surface area contributed by atoms with Crippen molar-refractivity contribution in [3.8, 4) is 10.4 Å². The number of thiazole rings is 1. The van der Waals surface area contributed by atoms with Crippen molar-refractivity contribution in [3.05, 3.63) is 41.0 Å². The van der Waals surface area contributed by atoms with Gasteiger partial charge in [0.05, 0.1) is 28.6 Å². The van der Waals surface area contributed by atoms with Crippen LogP contribution in [0.4, 0.5) is 0 Å². The molecule has 2 heterocycles. The van der Waals surface area contributed by atoms with Crippen LogP contribution in [0.3, 0.4) is 0 Å². The highest BCUT2D eigenvalue weighted by molar-refractivity contribution is 7.13. The molecule has 1 aromatic heterocycles. The number of carboxylic acid groups (broad SMARTS) is 1. The van der Waals surface area contributed by atoms with E-state index in [0.29, 0.717) is 6.54 Å². The van der Waals surface area contributed by atoms with E-state index in [2.05, 4.69) is 10.3 Å². The predicted octanol–water partition coefficient (Wildman–Crippen LogP) is 1.81. The number of hydrogen-bond donors (Lipinski definition) is 3. The first-order valence-corrected chi connectivity index (χ1v) is 10.6. The first-order chi connectivity index (χ1) is 14.3. The van der Waals surface area contributed by atoms with E-state index in [1.165, 1.54) is 11.8 Å². The lowest BCUT2D eigenvalue weighted by Crippen LogP contribution is -2.47. The van der Waals surface area contributed by atoms with Crippen molar-refractivity contribution >= 4 is 29.1 Å². The lowest BCUT2D eigenvalue weighted by atomic mass is 10.1. The maximum Gasteiger partial charge on any atom is 0.304 e. The van der Waals surface area contributed by atoms with Gasteiger partial charge in [-0.25, -0.2) is 4.98 Å². The zero-order valence-corrected chi connectivity index (χ0v) is 17.7. The summed E-state index contributed by atoms with van der Waals surface area (Å²) < 4.78 is 0. The molecule has 1 aliphatic rings. The van der Waals surface area contributed by atoms with Crippen molar-refractivity contribution in [1.29, 1.82) is 0 Å². The summed E-state index contributed by atoms with van der Waals surface area (Å²) >= 11 is 1.57. The number of aliphatic hydroxyl groups is 1. The Balaban J connectivity index is 1.61. The highest BCUT2D eigenvalue weighted by Gasteiger charge is 2.40. The van der Waals surface area contributed by atoms with E-state index in [4.69, 9.17) is 5.11 Å². The monoisotopic (exact) mass is 431 g/mol. The molecule has 9 heteroatoms. The lowest BCUT2D eigenvalue weighted by Gasteiger charge is -2.26. The third kappa shape index (κ3) is 5.03. The minimum atomic E-state index is -1.08. The summed E-state index contributed by atoms with van der Waals surface area (Å²) in [5.41, 5.74) is 4.75. The molecule has 3 rings (SSSR count). The molecule has 3 N–H and O–H groups in total. The molecule has 30 heavy (non-hydrogen) atoms. The number of carbonyl (C=O) groups is 3. The van der Waals surface area contributed by atoms with E-state index in [-0.39, 0.29) is 25.3 Å². The number of likely N-dealkylation sites (tertiary alicyclic amines) is 1. The van der Waals surface area contributed by atoms with Gasteiger partial charge in [-0.3, -0.25) is 14.4 Å². The molecule has 1 fully saturated rings. The van der Waals surface area contributed by atoms with E-state index in [1.807, 2.05) is 31.2 Å². The fourth-order valence-corrected chi connectivity index (χ4v) is 4.41. The van der Waals surface area contributed by atoms with Crippen molar-refractivity contribution in [2.75, 3.05) is 6.54 Å².